The molecule has 0 heterocycles. The van der Waals surface area contributed by atoms with Crippen molar-refractivity contribution in [2.45, 2.75) is 83.0 Å². The van der Waals surface area contributed by atoms with E-state index >= 15 is 0 Å². The molecule has 0 saturated carbocycles. The van der Waals surface area contributed by atoms with Crippen molar-refractivity contribution in [1.29, 1.82) is 0 Å². The standard InChI is InChI=1S/C18H30O4.C14H8O5S/c1-3-5-7-9-10-12-16-22-18(20)14-13-17(19)21-15-11-8-6-4-2;15-13-8-4-1-2-5-9(8)14(16)12-10(13)6-3-7-11(12)20(17,18)19/h11-12,15-16H,3-10,13-14H2,1-2H3;1-7H,(H,17,18,19). The van der Waals surface area contributed by atoms with Crippen LogP contribution in [0.15, 0.2) is 72.0 Å². The molecule has 3 rings (SSSR count). The summed E-state index contributed by atoms with van der Waals surface area (Å²) in [4.78, 5) is 46.9. The zero-order valence-corrected chi connectivity index (χ0v) is 24.9. The molecule has 2 aromatic carbocycles. The minimum Gasteiger partial charge on any atom is -0.435 e. The molecule has 1 aliphatic rings. The number of ketones is 2. The quantitative estimate of drug-likeness (QED) is 0.0923. The Labute approximate surface area is 247 Å². The maximum absolute atomic E-state index is 12.4. The zero-order valence-electron chi connectivity index (χ0n) is 24.0. The number of esters is 2. The van der Waals surface area contributed by atoms with Crippen LogP contribution in [0.1, 0.15) is 110 Å². The second kappa shape index (κ2) is 17.8. The first kappa shape index (κ1) is 34.3. The third-order valence-electron chi connectivity index (χ3n) is 6.27. The maximum Gasteiger partial charge on any atom is 0.311 e. The van der Waals surface area contributed by atoms with Crippen LogP contribution in [0.2, 0.25) is 0 Å². The molecule has 0 aliphatic heterocycles. The fraction of sp³-hybridized carbons (Fsp3) is 0.375. The van der Waals surface area contributed by atoms with E-state index in [-0.39, 0.29) is 35.1 Å². The molecular weight excluding hydrogens is 560 g/mol. The Bertz CT molecular complexity index is 1400. The lowest BCUT2D eigenvalue weighted by Crippen LogP contribution is -2.23. The predicted molar refractivity (Wildman–Crippen MR) is 158 cm³/mol. The van der Waals surface area contributed by atoms with Crippen LogP contribution in [0.25, 0.3) is 0 Å². The summed E-state index contributed by atoms with van der Waals surface area (Å²) in [7, 11) is -4.58. The average Bonchev–Trinajstić information content (AvgIpc) is 2.97. The third kappa shape index (κ3) is 10.8. The predicted octanol–water partition coefficient (Wildman–Crippen LogP) is 6.75. The number of hydrogen-bond donors (Lipinski definition) is 1. The summed E-state index contributed by atoms with van der Waals surface area (Å²) in [6, 6.07) is 9.99. The molecule has 0 unspecified atom stereocenters. The molecule has 226 valence electrons. The lowest BCUT2D eigenvalue weighted by molar-refractivity contribution is -0.144. The van der Waals surface area contributed by atoms with Crippen molar-refractivity contribution in [3.63, 3.8) is 0 Å². The first-order chi connectivity index (χ1) is 20.1. The minimum atomic E-state index is -4.58. The van der Waals surface area contributed by atoms with Crippen LogP contribution in [0, 0.1) is 0 Å². The molecule has 0 spiro atoms. The average molecular weight is 599 g/mol. The molecule has 0 amide bonds. The van der Waals surface area contributed by atoms with E-state index in [0.717, 1.165) is 38.2 Å². The molecule has 42 heavy (non-hydrogen) atoms. The van der Waals surface area contributed by atoms with Crippen LogP contribution in [0.4, 0.5) is 0 Å². The molecular formula is C32H38O9S. The van der Waals surface area contributed by atoms with Crippen molar-refractivity contribution in [2.24, 2.45) is 0 Å². The molecule has 0 bridgehead atoms. The van der Waals surface area contributed by atoms with E-state index in [0.29, 0.717) is 0 Å². The van der Waals surface area contributed by atoms with Gasteiger partial charge in [0.1, 0.15) is 4.90 Å². The van der Waals surface area contributed by atoms with Gasteiger partial charge in [-0.3, -0.25) is 23.7 Å². The third-order valence-corrected chi connectivity index (χ3v) is 7.16. The number of carbonyl (C=O) groups is 4. The van der Waals surface area contributed by atoms with Gasteiger partial charge >= 0.3 is 11.9 Å². The van der Waals surface area contributed by atoms with E-state index in [4.69, 9.17) is 9.47 Å². The van der Waals surface area contributed by atoms with Gasteiger partial charge in [-0.25, -0.2) is 0 Å². The molecule has 2 aromatic rings. The highest BCUT2D eigenvalue weighted by Crippen LogP contribution is 2.31. The Morgan fingerprint density at radius 2 is 1.24 bits per heavy atom. The normalized spacial score (nSPS) is 12.5. The van der Waals surface area contributed by atoms with Crippen molar-refractivity contribution in [3.8, 4) is 0 Å². The van der Waals surface area contributed by atoms with Gasteiger partial charge in [0.15, 0.2) is 11.6 Å². The summed E-state index contributed by atoms with van der Waals surface area (Å²) in [5, 5.41) is 0. The van der Waals surface area contributed by atoms with E-state index in [2.05, 4.69) is 13.8 Å². The summed E-state index contributed by atoms with van der Waals surface area (Å²) in [5.74, 6) is -1.82. The van der Waals surface area contributed by atoms with Crippen molar-refractivity contribution in [1.82, 2.24) is 0 Å². The van der Waals surface area contributed by atoms with Gasteiger partial charge < -0.3 is 9.47 Å². The fourth-order valence-electron chi connectivity index (χ4n) is 4.05. The second-order valence-corrected chi connectivity index (χ2v) is 11.0. The number of unbranched alkanes of at least 4 members (excludes halogenated alkanes) is 6. The highest BCUT2D eigenvalue weighted by Gasteiger charge is 2.34. The number of fused-ring (bicyclic) bond motifs is 2. The second-order valence-electron chi connectivity index (χ2n) is 9.57. The van der Waals surface area contributed by atoms with Gasteiger partial charge in [0.05, 0.1) is 30.9 Å². The van der Waals surface area contributed by atoms with Gasteiger partial charge in [0, 0.05) is 16.7 Å². The Hall–Kier alpha value is -3.89. The highest BCUT2D eigenvalue weighted by atomic mass is 32.2. The summed E-state index contributed by atoms with van der Waals surface area (Å²) >= 11 is 0. The van der Waals surface area contributed by atoms with E-state index in [1.807, 2.05) is 12.2 Å². The van der Waals surface area contributed by atoms with Crippen LogP contribution < -0.4 is 0 Å². The Kier molecular flexibility index (Phi) is 14.6. The summed E-state index contributed by atoms with van der Waals surface area (Å²) in [5.41, 5.74) is 0.0983. The van der Waals surface area contributed by atoms with Crippen LogP contribution in [0.3, 0.4) is 0 Å². The molecule has 0 radical (unpaired) electrons. The summed E-state index contributed by atoms with van der Waals surface area (Å²) in [6.45, 7) is 4.27. The molecule has 0 atom stereocenters. The largest absolute Gasteiger partial charge is 0.435 e. The Morgan fingerprint density at radius 3 is 1.79 bits per heavy atom. The smallest absolute Gasteiger partial charge is 0.311 e. The Morgan fingerprint density at radius 1 is 0.714 bits per heavy atom. The van der Waals surface area contributed by atoms with Crippen LogP contribution >= 0.6 is 0 Å². The number of ether oxygens (including phenoxy) is 2. The van der Waals surface area contributed by atoms with E-state index < -0.39 is 38.5 Å². The number of allylic oxidation sites excluding steroid dienone is 2. The van der Waals surface area contributed by atoms with Gasteiger partial charge in [-0.15, -0.1) is 0 Å². The summed E-state index contributed by atoms with van der Waals surface area (Å²) < 4.78 is 41.7. The topological polar surface area (TPSA) is 141 Å². The van der Waals surface area contributed by atoms with Crippen molar-refractivity contribution in [2.75, 3.05) is 0 Å². The molecule has 0 fully saturated rings. The van der Waals surface area contributed by atoms with Gasteiger partial charge in [0.2, 0.25) is 0 Å². The molecule has 10 heteroatoms. The van der Waals surface area contributed by atoms with Crippen LogP contribution in [-0.2, 0) is 29.2 Å². The fourth-order valence-corrected chi connectivity index (χ4v) is 4.76. The molecule has 1 N–H and O–H groups in total. The van der Waals surface area contributed by atoms with Gasteiger partial charge in [0.25, 0.3) is 10.1 Å². The van der Waals surface area contributed by atoms with Crippen molar-refractivity contribution in [3.05, 3.63) is 89.4 Å². The van der Waals surface area contributed by atoms with Crippen LogP contribution in [-0.4, -0.2) is 36.5 Å². The van der Waals surface area contributed by atoms with E-state index in [1.165, 1.54) is 56.1 Å². The van der Waals surface area contributed by atoms with Gasteiger partial charge in [-0.2, -0.15) is 8.42 Å². The van der Waals surface area contributed by atoms with Gasteiger partial charge in [-0.05, 0) is 43.9 Å². The molecule has 1 aliphatic carbocycles. The number of benzene rings is 2. The van der Waals surface area contributed by atoms with E-state index in [1.54, 1.807) is 12.1 Å². The number of rotatable bonds is 14. The maximum atomic E-state index is 12.4. The van der Waals surface area contributed by atoms with E-state index in [9.17, 15) is 32.1 Å². The SMILES string of the molecule is CCCCC=COC(=O)CCC(=O)OC=CCCCCCC.O=C1c2ccccc2C(=O)c2c1cccc2S(=O)(=O)O. The zero-order chi connectivity index (χ0) is 31.0. The monoisotopic (exact) mass is 598 g/mol. The van der Waals surface area contributed by atoms with Crippen molar-refractivity contribution >= 4 is 33.6 Å². The first-order valence-electron chi connectivity index (χ1n) is 14.1. The number of carbonyl (C=O) groups excluding carboxylic acids is 4. The van der Waals surface area contributed by atoms with Gasteiger partial charge in [-0.1, -0.05) is 75.9 Å². The first-order valence-corrected chi connectivity index (χ1v) is 15.5. The minimum absolute atomic E-state index is 0.0103. The molecule has 0 saturated heterocycles. The Balaban J connectivity index is 0.000000294. The van der Waals surface area contributed by atoms with Crippen LogP contribution in [0.5, 0.6) is 0 Å². The molecule has 9 nitrogen and oxygen atoms in total. The number of hydrogen-bond acceptors (Lipinski definition) is 8. The highest BCUT2D eigenvalue weighted by molar-refractivity contribution is 7.86. The summed E-state index contributed by atoms with van der Waals surface area (Å²) in [6.07, 6.45) is 15.3. The lowest BCUT2D eigenvalue weighted by Gasteiger charge is -2.18. The van der Waals surface area contributed by atoms with Crippen molar-refractivity contribution < 1.29 is 41.6 Å². The lowest BCUT2D eigenvalue weighted by atomic mass is 9.84. The molecule has 0 aromatic heterocycles.